The van der Waals surface area contributed by atoms with Crippen molar-refractivity contribution in [2.45, 2.75) is 38.8 Å². The summed E-state index contributed by atoms with van der Waals surface area (Å²) in [4.78, 5) is 4.39. The fraction of sp³-hybridized carbons (Fsp3) is 0.364. The van der Waals surface area contributed by atoms with Crippen LogP contribution in [0.1, 0.15) is 36.7 Å². The molecule has 0 spiro atoms. The SMILES string of the molecule is Cc1cc(-c2cnn(C3CCCCO3)c2)ccc1-c1ccc(Cl)nc1CCO. The van der Waals surface area contributed by atoms with Crippen molar-refractivity contribution in [3.05, 3.63) is 59.1 Å². The molecule has 1 fully saturated rings. The maximum absolute atomic E-state index is 9.35. The van der Waals surface area contributed by atoms with E-state index in [0.717, 1.165) is 53.0 Å². The summed E-state index contributed by atoms with van der Waals surface area (Å²) in [5.74, 6) is 0. The van der Waals surface area contributed by atoms with E-state index in [9.17, 15) is 5.11 Å². The number of aromatic nitrogens is 3. The molecule has 3 aromatic rings. The Morgan fingerprint density at radius 3 is 2.79 bits per heavy atom. The first-order valence-electron chi connectivity index (χ1n) is 9.69. The van der Waals surface area contributed by atoms with E-state index >= 15 is 0 Å². The minimum absolute atomic E-state index is 0.0416. The summed E-state index contributed by atoms with van der Waals surface area (Å²) in [6, 6.07) is 10.1. The van der Waals surface area contributed by atoms with Gasteiger partial charge in [0.2, 0.25) is 0 Å². The summed E-state index contributed by atoms with van der Waals surface area (Å²) in [7, 11) is 0. The zero-order valence-electron chi connectivity index (χ0n) is 15.9. The van der Waals surface area contributed by atoms with Gasteiger partial charge in [-0.15, -0.1) is 0 Å². The van der Waals surface area contributed by atoms with Crippen LogP contribution in [-0.2, 0) is 11.2 Å². The number of aryl methyl sites for hydroxylation is 1. The first kappa shape index (κ1) is 19.1. The van der Waals surface area contributed by atoms with Gasteiger partial charge in [0.1, 0.15) is 11.4 Å². The second-order valence-electron chi connectivity index (χ2n) is 7.16. The number of aliphatic hydroxyl groups excluding tert-OH is 1. The van der Waals surface area contributed by atoms with E-state index in [1.54, 1.807) is 6.07 Å². The van der Waals surface area contributed by atoms with Gasteiger partial charge in [-0.05, 0) is 55.0 Å². The second-order valence-corrected chi connectivity index (χ2v) is 7.55. The molecule has 146 valence electrons. The Hall–Kier alpha value is -2.21. The quantitative estimate of drug-likeness (QED) is 0.628. The van der Waals surface area contributed by atoms with Crippen molar-refractivity contribution in [1.82, 2.24) is 14.8 Å². The Bertz CT molecular complexity index is 964. The summed E-state index contributed by atoms with van der Waals surface area (Å²) in [6.45, 7) is 2.93. The van der Waals surface area contributed by atoms with Gasteiger partial charge in [0.15, 0.2) is 0 Å². The molecule has 1 aliphatic rings. The number of rotatable bonds is 5. The number of pyridine rings is 1. The summed E-state index contributed by atoms with van der Waals surface area (Å²) < 4.78 is 7.75. The molecule has 1 N–H and O–H groups in total. The first-order valence-corrected chi connectivity index (χ1v) is 10.1. The minimum atomic E-state index is 0.0416. The monoisotopic (exact) mass is 397 g/mol. The highest BCUT2D eigenvalue weighted by Gasteiger charge is 2.17. The minimum Gasteiger partial charge on any atom is -0.396 e. The van der Waals surface area contributed by atoms with Crippen LogP contribution in [0.2, 0.25) is 5.15 Å². The lowest BCUT2D eigenvalue weighted by atomic mass is 9.95. The number of halogens is 1. The smallest absolute Gasteiger partial charge is 0.150 e. The molecule has 0 aliphatic carbocycles. The molecule has 0 amide bonds. The van der Waals surface area contributed by atoms with Crippen LogP contribution in [-0.4, -0.2) is 33.1 Å². The molecule has 1 saturated heterocycles. The maximum atomic E-state index is 9.35. The predicted molar refractivity (Wildman–Crippen MR) is 110 cm³/mol. The normalized spacial score (nSPS) is 17.0. The highest BCUT2D eigenvalue weighted by molar-refractivity contribution is 6.29. The largest absolute Gasteiger partial charge is 0.396 e. The van der Waals surface area contributed by atoms with Gasteiger partial charge in [0.25, 0.3) is 0 Å². The topological polar surface area (TPSA) is 60.2 Å². The van der Waals surface area contributed by atoms with E-state index in [1.165, 1.54) is 6.42 Å². The maximum Gasteiger partial charge on any atom is 0.150 e. The number of aliphatic hydroxyl groups is 1. The second kappa shape index (κ2) is 8.43. The lowest BCUT2D eigenvalue weighted by molar-refractivity contribution is -0.0394. The molecule has 0 radical (unpaired) electrons. The van der Waals surface area contributed by atoms with Gasteiger partial charge in [0.05, 0.1) is 11.9 Å². The van der Waals surface area contributed by atoms with E-state index in [0.29, 0.717) is 11.6 Å². The van der Waals surface area contributed by atoms with Crippen molar-refractivity contribution in [2.75, 3.05) is 13.2 Å². The van der Waals surface area contributed by atoms with E-state index in [2.05, 4.69) is 41.4 Å². The van der Waals surface area contributed by atoms with Crippen LogP contribution in [0.5, 0.6) is 0 Å². The molecule has 5 nitrogen and oxygen atoms in total. The van der Waals surface area contributed by atoms with Crippen LogP contribution in [0.25, 0.3) is 22.3 Å². The van der Waals surface area contributed by atoms with Gasteiger partial charge in [-0.1, -0.05) is 29.8 Å². The van der Waals surface area contributed by atoms with Gasteiger partial charge in [-0.2, -0.15) is 5.10 Å². The Labute approximate surface area is 169 Å². The van der Waals surface area contributed by atoms with Crippen molar-refractivity contribution >= 4 is 11.6 Å². The van der Waals surface area contributed by atoms with Crippen molar-refractivity contribution in [1.29, 1.82) is 0 Å². The lowest BCUT2D eigenvalue weighted by Crippen LogP contribution is -2.18. The predicted octanol–water partition coefficient (Wildman–Crippen LogP) is 4.81. The van der Waals surface area contributed by atoms with Crippen molar-refractivity contribution in [3.63, 3.8) is 0 Å². The molecule has 4 rings (SSSR count). The van der Waals surface area contributed by atoms with Crippen LogP contribution in [0.4, 0.5) is 0 Å². The Morgan fingerprint density at radius 2 is 2.04 bits per heavy atom. The Morgan fingerprint density at radius 1 is 1.18 bits per heavy atom. The molecule has 0 bridgehead atoms. The molecular formula is C22H24ClN3O2. The molecule has 28 heavy (non-hydrogen) atoms. The number of hydrogen-bond acceptors (Lipinski definition) is 4. The number of hydrogen-bond donors (Lipinski definition) is 1. The van der Waals surface area contributed by atoms with Gasteiger partial charge in [-0.25, -0.2) is 9.67 Å². The molecule has 3 heterocycles. The average Bonchev–Trinajstić information content (AvgIpc) is 3.20. The highest BCUT2D eigenvalue weighted by atomic mass is 35.5. The average molecular weight is 398 g/mol. The summed E-state index contributed by atoms with van der Waals surface area (Å²) >= 11 is 6.04. The third-order valence-electron chi connectivity index (χ3n) is 5.19. The third-order valence-corrected chi connectivity index (χ3v) is 5.40. The molecule has 1 atom stereocenters. The third kappa shape index (κ3) is 3.97. The number of benzene rings is 1. The molecule has 1 aliphatic heterocycles. The molecule has 6 heteroatoms. The molecule has 1 unspecified atom stereocenters. The van der Waals surface area contributed by atoms with Crippen molar-refractivity contribution in [2.24, 2.45) is 0 Å². The van der Waals surface area contributed by atoms with Crippen LogP contribution in [0, 0.1) is 6.92 Å². The van der Waals surface area contributed by atoms with Crippen molar-refractivity contribution < 1.29 is 9.84 Å². The van der Waals surface area contributed by atoms with Crippen LogP contribution < -0.4 is 0 Å². The molecule has 0 saturated carbocycles. The highest BCUT2D eigenvalue weighted by Crippen LogP contribution is 2.32. The Kier molecular flexibility index (Phi) is 5.76. The zero-order valence-corrected chi connectivity index (χ0v) is 16.7. The van der Waals surface area contributed by atoms with E-state index in [-0.39, 0.29) is 12.8 Å². The standard InChI is InChI=1S/C22H24ClN3O2/c1-15-12-16(17-13-24-26(14-17)22-4-2-3-11-28-22)5-6-18(15)19-7-8-21(23)25-20(19)9-10-27/h5-8,12-14,22,27H,2-4,9-11H2,1H3. The summed E-state index contributed by atoms with van der Waals surface area (Å²) in [5.41, 5.74) is 6.26. The van der Waals surface area contributed by atoms with Gasteiger partial charge < -0.3 is 9.84 Å². The lowest BCUT2D eigenvalue weighted by Gasteiger charge is -2.22. The fourth-order valence-corrected chi connectivity index (χ4v) is 3.90. The number of ether oxygens (including phenoxy) is 1. The van der Waals surface area contributed by atoms with Crippen LogP contribution in [0.3, 0.4) is 0 Å². The molecular weight excluding hydrogens is 374 g/mol. The van der Waals surface area contributed by atoms with Crippen LogP contribution >= 0.6 is 11.6 Å². The summed E-state index contributed by atoms with van der Waals surface area (Å²) in [5, 5.41) is 14.3. The van der Waals surface area contributed by atoms with E-state index in [1.807, 2.05) is 16.9 Å². The van der Waals surface area contributed by atoms with Crippen LogP contribution in [0.15, 0.2) is 42.7 Å². The Balaban J connectivity index is 1.63. The van der Waals surface area contributed by atoms with Gasteiger partial charge >= 0.3 is 0 Å². The van der Waals surface area contributed by atoms with Gasteiger partial charge in [0, 0.05) is 37.0 Å². The zero-order chi connectivity index (χ0) is 19.5. The molecule has 2 aromatic heterocycles. The number of nitrogens with zero attached hydrogens (tertiary/aromatic N) is 3. The molecule has 1 aromatic carbocycles. The van der Waals surface area contributed by atoms with E-state index in [4.69, 9.17) is 16.3 Å². The van der Waals surface area contributed by atoms with Gasteiger partial charge in [-0.3, -0.25) is 0 Å². The summed E-state index contributed by atoms with van der Waals surface area (Å²) in [6.07, 6.45) is 7.80. The van der Waals surface area contributed by atoms with E-state index < -0.39 is 0 Å². The first-order chi connectivity index (χ1) is 13.7. The van der Waals surface area contributed by atoms with Crippen molar-refractivity contribution in [3.8, 4) is 22.3 Å². The fourth-order valence-electron chi connectivity index (χ4n) is 3.74.